The Bertz CT molecular complexity index is 252. The van der Waals surface area contributed by atoms with Crippen molar-refractivity contribution in [2.24, 2.45) is 5.92 Å². The molecule has 1 saturated heterocycles. The molecule has 0 spiro atoms. The van der Waals surface area contributed by atoms with Gasteiger partial charge in [-0.1, -0.05) is 19.8 Å². The number of amides is 1. The number of hydrogen-bond acceptors (Lipinski definition) is 3. The number of rotatable bonds is 3. The molecule has 17 heavy (non-hydrogen) atoms. The molecule has 2 fully saturated rings. The van der Waals surface area contributed by atoms with E-state index in [9.17, 15) is 4.79 Å². The molecule has 1 N–H and O–H groups in total. The summed E-state index contributed by atoms with van der Waals surface area (Å²) in [5.74, 6) is 0.767. The Labute approximate surface area is 104 Å². The lowest BCUT2D eigenvalue weighted by atomic mass is 9.88. The predicted octanol–water partition coefficient (Wildman–Crippen LogP) is 1.01. The van der Waals surface area contributed by atoms with E-state index in [0.29, 0.717) is 12.0 Å². The number of ether oxygens (including phenoxy) is 1. The van der Waals surface area contributed by atoms with E-state index in [1.165, 1.54) is 19.3 Å². The van der Waals surface area contributed by atoms with Crippen LogP contribution in [0.25, 0.3) is 0 Å². The minimum absolute atomic E-state index is 0.157. The lowest BCUT2D eigenvalue weighted by Crippen LogP contribution is -2.48. The Morgan fingerprint density at radius 3 is 2.71 bits per heavy atom. The Morgan fingerprint density at radius 1 is 1.29 bits per heavy atom. The van der Waals surface area contributed by atoms with E-state index < -0.39 is 0 Å². The summed E-state index contributed by atoms with van der Waals surface area (Å²) < 4.78 is 5.80. The molecule has 4 nitrogen and oxygen atoms in total. The highest BCUT2D eigenvalue weighted by atomic mass is 16.5. The SMILES string of the molecule is CC1CCCCC1OCC(=O)N1CCNCC1. The quantitative estimate of drug-likeness (QED) is 0.800. The molecule has 0 aromatic carbocycles. The first-order valence-corrected chi connectivity index (χ1v) is 6.87. The standard InChI is InChI=1S/C13H24N2O2/c1-11-4-2-3-5-12(11)17-10-13(16)15-8-6-14-7-9-15/h11-12,14H,2-10H2,1H3. The third-order valence-electron chi connectivity index (χ3n) is 3.92. The molecule has 2 rings (SSSR count). The van der Waals surface area contributed by atoms with Crippen molar-refractivity contribution in [3.63, 3.8) is 0 Å². The molecule has 0 bridgehead atoms. The molecule has 1 aliphatic heterocycles. The van der Waals surface area contributed by atoms with Crippen molar-refractivity contribution in [2.75, 3.05) is 32.8 Å². The fourth-order valence-electron chi connectivity index (χ4n) is 2.71. The largest absolute Gasteiger partial charge is 0.368 e. The maximum Gasteiger partial charge on any atom is 0.248 e. The number of carbonyl (C=O) groups excluding carboxylic acids is 1. The van der Waals surface area contributed by atoms with Crippen LogP contribution in [0.1, 0.15) is 32.6 Å². The van der Waals surface area contributed by atoms with Crippen molar-refractivity contribution < 1.29 is 9.53 Å². The lowest BCUT2D eigenvalue weighted by molar-refractivity contribution is -0.140. The van der Waals surface area contributed by atoms with Gasteiger partial charge in [0.05, 0.1) is 6.10 Å². The second kappa shape index (κ2) is 6.36. The highest BCUT2D eigenvalue weighted by molar-refractivity contribution is 5.77. The number of hydrogen-bond donors (Lipinski definition) is 1. The van der Waals surface area contributed by atoms with Gasteiger partial charge in [0.15, 0.2) is 0 Å². The topological polar surface area (TPSA) is 41.6 Å². The van der Waals surface area contributed by atoms with E-state index in [-0.39, 0.29) is 12.5 Å². The number of nitrogens with one attached hydrogen (secondary N) is 1. The van der Waals surface area contributed by atoms with Crippen molar-refractivity contribution in [3.8, 4) is 0 Å². The molecule has 2 aliphatic rings. The van der Waals surface area contributed by atoms with Gasteiger partial charge in [-0.15, -0.1) is 0 Å². The van der Waals surface area contributed by atoms with E-state index in [4.69, 9.17) is 4.74 Å². The molecule has 1 saturated carbocycles. The van der Waals surface area contributed by atoms with Gasteiger partial charge in [-0.25, -0.2) is 0 Å². The summed E-state index contributed by atoms with van der Waals surface area (Å²) in [5, 5.41) is 3.25. The van der Waals surface area contributed by atoms with Crippen molar-refractivity contribution in [2.45, 2.75) is 38.7 Å². The van der Waals surface area contributed by atoms with Crippen LogP contribution >= 0.6 is 0 Å². The summed E-state index contributed by atoms with van der Waals surface area (Å²) in [6, 6.07) is 0. The van der Waals surface area contributed by atoms with Crippen LogP contribution in [-0.4, -0.2) is 49.7 Å². The van der Waals surface area contributed by atoms with Crippen LogP contribution in [0.2, 0.25) is 0 Å². The third-order valence-corrected chi connectivity index (χ3v) is 3.92. The molecule has 0 radical (unpaired) electrons. The van der Waals surface area contributed by atoms with Gasteiger partial charge in [0.2, 0.25) is 5.91 Å². The maximum atomic E-state index is 11.9. The van der Waals surface area contributed by atoms with Crippen LogP contribution in [0.5, 0.6) is 0 Å². The van der Waals surface area contributed by atoms with Gasteiger partial charge < -0.3 is 15.0 Å². The van der Waals surface area contributed by atoms with Crippen molar-refractivity contribution in [1.29, 1.82) is 0 Å². The first kappa shape index (κ1) is 12.8. The Balaban J connectivity index is 1.71. The monoisotopic (exact) mass is 240 g/mol. The molecule has 1 heterocycles. The zero-order chi connectivity index (χ0) is 12.1. The molecule has 1 aliphatic carbocycles. The van der Waals surface area contributed by atoms with Crippen molar-refractivity contribution in [3.05, 3.63) is 0 Å². The summed E-state index contributed by atoms with van der Waals surface area (Å²) >= 11 is 0. The highest BCUT2D eigenvalue weighted by Gasteiger charge is 2.24. The zero-order valence-corrected chi connectivity index (χ0v) is 10.8. The second-order valence-electron chi connectivity index (χ2n) is 5.24. The molecule has 0 aromatic heterocycles. The number of piperazine rings is 1. The van der Waals surface area contributed by atoms with Gasteiger partial charge in [0.25, 0.3) is 0 Å². The number of carbonyl (C=O) groups is 1. The average molecular weight is 240 g/mol. The average Bonchev–Trinajstić information content (AvgIpc) is 2.38. The fourth-order valence-corrected chi connectivity index (χ4v) is 2.71. The van der Waals surface area contributed by atoms with Gasteiger partial charge in [0, 0.05) is 26.2 Å². The molecule has 2 atom stereocenters. The van der Waals surface area contributed by atoms with E-state index in [1.807, 2.05) is 4.90 Å². The zero-order valence-electron chi connectivity index (χ0n) is 10.8. The van der Waals surface area contributed by atoms with Crippen molar-refractivity contribution in [1.82, 2.24) is 10.2 Å². The minimum atomic E-state index is 0.157. The molecule has 4 heteroatoms. The smallest absolute Gasteiger partial charge is 0.248 e. The number of nitrogens with zero attached hydrogens (tertiary/aromatic N) is 1. The summed E-state index contributed by atoms with van der Waals surface area (Å²) in [6.45, 7) is 5.97. The summed E-state index contributed by atoms with van der Waals surface area (Å²) in [4.78, 5) is 13.8. The summed E-state index contributed by atoms with van der Waals surface area (Å²) in [5.41, 5.74) is 0. The van der Waals surface area contributed by atoms with Crippen LogP contribution < -0.4 is 5.32 Å². The van der Waals surface area contributed by atoms with Gasteiger partial charge in [0.1, 0.15) is 6.61 Å². The second-order valence-corrected chi connectivity index (χ2v) is 5.24. The van der Waals surface area contributed by atoms with Crippen LogP contribution in [0.4, 0.5) is 0 Å². The molecule has 2 unspecified atom stereocenters. The lowest BCUT2D eigenvalue weighted by Gasteiger charge is -2.31. The van der Waals surface area contributed by atoms with Crippen molar-refractivity contribution >= 4 is 5.91 Å². The van der Waals surface area contributed by atoms with E-state index in [0.717, 1.165) is 32.6 Å². The van der Waals surface area contributed by atoms with E-state index >= 15 is 0 Å². The van der Waals surface area contributed by atoms with Gasteiger partial charge in [-0.2, -0.15) is 0 Å². The highest BCUT2D eigenvalue weighted by Crippen LogP contribution is 2.26. The molecule has 0 aromatic rings. The van der Waals surface area contributed by atoms with Crippen LogP contribution in [0.3, 0.4) is 0 Å². The Kier molecular flexibility index (Phi) is 4.80. The molecular weight excluding hydrogens is 216 g/mol. The molecule has 1 amide bonds. The van der Waals surface area contributed by atoms with Crippen LogP contribution in [0, 0.1) is 5.92 Å². The predicted molar refractivity (Wildman–Crippen MR) is 66.8 cm³/mol. The fraction of sp³-hybridized carbons (Fsp3) is 0.923. The van der Waals surface area contributed by atoms with Gasteiger partial charge in [-0.3, -0.25) is 4.79 Å². The summed E-state index contributed by atoms with van der Waals surface area (Å²) in [7, 11) is 0. The molecule has 98 valence electrons. The van der Waals surface area contributed by atoms with E-state index in [1.54, 1.807) is 0 Å². The molecular formula is C13H24N2O2. The first-order valence-electron chi connectivity index (χ1n) is 6.87. The van der Waals surface area contributed by atoms with Gasteiger partial charge >= 0.3 is 0 Å². The van der Waals surface area contributed by atoms with Crippen LogP contribution in [0.15, 0.2) is 0 Å². The first-order chi connectivity index (χ1) is 8.27. The Hall–Kier alpha value is -0.610. The van der Waals surface area contributed by atoms with E-state index in [2.05, 4.69) is 12.2 Å². The van der Waals surface area contributed by atoms with Gasteiger partial charge in [-0.05, 0) is 18.8 Å². The third kappa shape index (κ3) is 3.68. The Morgan fingerprint density at radius 2 is 2.00 bits per heavy atom. The minimum Gasteiger partial charge on any atom is -0.368 e. The summed E-state index contributed by atoms with van der Waals surface area (Å²) in [6.07, 6.45) is 5.22. The van der Waals surface area contributed by atoms with Crippen LogP contribution in [-0.2, 0) is 9.53 Å². The maximum absolute atomic E-state index is 11.9. The normalized spacial score (nSPS) is 30.3.